The zero-order chi connectivity index (χ0) is 15.2. The molecule has 0 radical (unpaired) electrons. The predicted molar refractivity (Wildman–Crippen MR) is 92.4 cm³/mol. The largest absolute Gasteiger partial charge is 0.371 e. The second kappa shape index (κ2) is 5.38. The maximum Gasteiger partial charge on any atom is 0.0565 e. The number of anilines is 1. The first-order valence-electron chi connectivity index (χ1n) is 8.95. The van der Waals surface area contributed by atoms with E-state index in [9.17, 15) is 0 Å². The molecule has 5 rings (SSSR count). The van der Waals surface area contributed by atoms with E-state index in [1.54, 1.807) is 0 Å². The van der Waals surface area contributed by atoms with Gasteiger partial charge in [-0.3, -0.25) is 5.10 Å². The standard InChI is InChI=1S/C19H24N4/c1-2-8-22(7-1)11-17-18-12-23(13-19(17)18)16-5-3-14(4-6-16)15-9-20-21-10-15/h3-6,9-10,17-19H,1-2,7-8,11-13H2,(H,20,21). The van der Waals surface area contributed by atoms with Gasteiger partial charge in [0.25, 0.3) is 0 Å². The number of aromatic amines is 1. The number of nitrogens with zero attached hydrogens (tertiary/aromatic N) is 3. The minimum atomic E-state index is 0.948. The van der Waals surface area contributed by atoms with Gasteiger partial charge in [-0.05, 0) is 61.4 Å². The number of H-pyrrole nitrogens is 1. The Hall–Kier alpha value is -1.81. The van der Waals surface area contributed by atoms with Crippen LogP contribution in [0.3, 0.4) is 0 Å². The Morgan fingerprint density at radius 1 is 1.00 bits per heavy atom. The van der Waals surface area contributed by atoms with Crippen molar-refractivity contribution in [3.8, 4) is 11.1 Å². The van der Waals surface area contributed by atoms with Gasteiger partial charge in [-0.25, -0.2) is 0 Å². The molecule has 2 unspecified atom stereocenters. The highest BCUT2D eigenvalue weighted by molar-refractivity contribution is 5.65. The molecule has 120 valence electrons. The lowest BCUT2D eigenvalue weighted by Gasteiger charge is -2.24. The van der Waals surface area contributed by atoms with Gasteiger partial charge < -0.3 is 9.80 Å². The molecule has 2 saturated heterocycles. The maximum atomic E-state index is 4.03. The maximum absolute atomic E-state index is 4.03. The summed E-state index contributed by atoms with van der Waals surface area (Å²) in [5.74, 6) is 2.88. The summed E-state index contributed by atoms with van der Waals surface area (Å²) in [4.78, 5) is 5.27. The monoisotopic (exact) mass is 308 g/mol. The Kier molecular flexibility index (Phi) is 3.18. The van der Waals surface area contributed by atoms with Gasteiger partial charge in [0.1, 0.15) is 0 Å². The topological polar surface area (TPSA) is 35.2 Å². The summed E-state index contributed by atoms with van der Waals surface area (Å²) in [6, 6.07) is 8.96. The molecule has 23 heavy (non-hydrogen) atoms. The Balaban J connectivity index is 1.20. The van der Waals surface area contributed by atoms with E-state index >= 15 is 0 Å². The van der Waals surface area contributed by atoms with Crippen molar-refractivity contribution in [1.29, 1.82) is 0 Å². The van der Waals surface area contributed by atoms with Gasteiger partial charge in [-0.1, -0.05) is 12.1 Å². The highest BCUT2D eigenvalue weighted by Crippen LogP contribution is 2.53. The van der Waals surface area contributed by atoms with Crippen molar-refractivity contribution < 1.29 is 0 Å². The van der Waals surface area contributed by atoms with Crippen molar-refractivity contribution in [3.05, 3.63) is 36.7 Å². The van der Waals surface area contributed by atoms with E-state index in [0.29, 0.717) is 0 Å². The van der Waals surface area contributed by atoms with Crippen LogP contribution in [-0.4, -0.2) is 47.8 Å². The molecule has 2 atom stereocenters. The van der Waals surface area contributed by atoms with Crippen molar-refractivity contribution in [2.45, 2.75) is 12.8 Å². The van der Waals surface area contributed by atoms with Crippen LogP contribution in [0.1, 0.15) is 12.8 Å². The van der Waals surface area contributed by atoms with Gasteiger partial charge in [-0.2, -0.15) is 5.10 Å². The van der Waals surface area contributed by atoms with E-state index in [1.165, 1.54) is 56.8 Å². The Morgan fingerprint density at radius 2 is 1.74 bits per heavy atom. The Bertz CT molecular complexity index is 645. The first-order chi connectivity index (χ1) is 11.4. The molecular formula is C19H24N4. The third-order valence-electron chi connectivity index (χ3n) is 6.10. The van der Waals surface area contributed by atoms with E-state index < -0.39 is 0 Å². The molecule has 4 heteroatoms. The summed E-state index contributed by atoms with van der Waals surface area (Å²) < 4.78 is 0. The van der Waals surface area contributed by atoms with Crippen LogP contribution in [0.5, 0.6) is 0 Å². The average Bonchev–Trinajstić information content (AvgIpc) is 3.16. The van der Waals surface area contributed by atoms with Gasteiger partial charge in [0.15, 0.2) is 0 Å². The number of hydrogen-bond acceptors (Lipinski definition) is 3. The summed E-state index contributed by atoms with van der Waals surface area (Å²) in [5.41, 5.74) is 3.77. The molecule has 2 aliphatic heterocycles. The van der Waals surface area contributed by atoms with E-state index in [-0.39, 0.29) is 0 Å². The molecule has 1 N–H and O–H groups in total. The zero-order valence-corrected chi connectivity index (χ0v) is 13.5. The molecule has 2 aromatic rings. The van der Waals surface area contributed by atoms with Crippen molar-refractivity contribution in [2.24, 2.45) is 17.8 Å². The normalized spacial score (nSPS) is 29.9. The molecule has 1 aliphatic carbocycles. The van der Waals surface area contributed by atoms with Crippen LogP contribution < -0.4 is 4.90 Å². The van der Waals surface area contributed by atoms with E-state index in [0.717, 1.165) is 23.3 Å². The van der Waals surface area contributed by atoms with Crippen LogP contribution >= 0.6 is 0 Å². The molecule has 0 amide bonds. The van der Waals surface area contributed by atoms with E-state index in [1.807, 2.05) is 12.4 Å². The van der Waals surface area contributed by atoms with Crippen LogP contribution in [0.25, 0.3) is 11.1 Å². The third-order valence-corrected chi connectivity index (χ3v) is 6.10. The minimum Gasteiger partial charge on any atom is -0.371 e. The SMILES string of the molecule is c1cc(N2CC3C(CN4CCCC4)C3C2)ccc1-c1cn[nH]c1. The fourth-order valence-electron chi connectivity index (χ4n) is 4.67. The summed E-state index contributed by atoms with van der Waals surface area (Å²) in [7, 11) is 0. The fraction of sp³-hybridized carbons (Fsp3) is 0.526. The van der Waals surface area contributed by atoms with Crippen LogP contribution in [-0.2, 0) is 0 Å². The van der Waals surface area contributed by atoms with Gasteiger partial charge in [0, 0.05) is 37.1 Å². The molecule has 4 nitrogen and oxygen atoms in total. The minimum absolute atomic E-state index is 0.948. The van der Waals surface area contributed by atoms with Crippen LogP contribution in [0.2, 0.25) is 0 Å². The van der Waals surface area contributed by atoms with Crippen molar-refractivity contribution >= 4 is 5.69 Å². The molecule has 3 fully saturated rings. The first-order valence-corrected chi connectivity index (χ1v) is 8.95. The number of rotatable bonds is 4. The molecule has 1 saturated carbocycles. The summed E-state index contributed by atoms with van der Waals surface area (Å²) in [5, 5.41) is 6.90. The highest BCUT2D eigenvalue weighted by atomic mass is 15.2. The van der Waals surface area contributed by atoms with E-state index in [2.05, 4.69) is 44.3 Å². The van der Waals surface area contributed by atoms with Gasteiger partial charge in [-0.15, -0.1) is 0 Å². The second-order valence-electron chi connectivity index (χ2n) is 7.44. The smallest absolute Gasteiger partial charge is 0.0565 e. The number of nitrogens with one attached hydrogen (secondary N) is 1. The number of likely N-dealkylation sites (tertiary alicyclic amines) is 1. The average molecular weight is 308 g/mol. The van der Waals surface area contributed by atoms with Crippen LogP contribution in [0.4, 0.5) is 5.69 Å². The molecule has 0 bridgehead atoms. The molecule has 1 aromatic carbocycles. The second-order valence-corrected chi connectivity index (χ2v) is 7.44. The van der Waals surface area contributed by atoms with Gasteiger partial charge in [0.05, 0.1) is 6.20 Å². The molecule has 3 aliphatic rings. The van der Waals surface area contributed by atoms with Crippen molar-refractivity contribution in [1.82, 2.24) is 15.1 Å². The molecule has 3 heterocycles. The predicted octanol–water partition coefficient (Wildman–Crippen LogP) is 2.85. The fourth-order valence-corrected chi connectivity index (χ4v) is 4.67. The number of fused-ring (bicyclic) bond motifs is 1. The highest BCUT2D eigenvalue weighted by Gasteiger charge is 2.55. The number of hydrogen-bond donors (Lipinski definition) is 1. The lowest BCUT2D eigenvalue weighted by atomic mass is 10.1. The Labute approximate surface area is 137 Å². The quantitative estimate of drug-likeness (QED) is 0.943. The summed E-state index contributed by atoms with van der Waals surface area (Å²) >= 11 is 0. The molecule has 0 spiro atoms. The van der Waals surface area contributed by atoms with E-state index in [4.69, 9.17) is 0 Å². The third kappa shape index (κ3) is 2.45. The van der Waals surface area contributed by atoms with Crippen molar-refractivity contribution in [2.75, 3.05) is 37.6 Å². The zero-order valence-electron chi connectivity index (χ0n) is 13.5. The van der Waals surface area contributed by atoms with Crippen LogP contribution in [0, 0.1) is 17.8 Å². The number of piperidine rings is 1. The van der Waals surface area contributed by atoms with Gasteiger partial charge in [0.2, 0.25) is 0 Å². The summed E-state index contributed by atoms with van der Waals surface area (Å²) in [6.07, 6.45) is 6.65. The Morgan fingerprint density at radius 3 is 2.39 bits per heavy atom. The molecule has 1 aromatic heterocycles. The number of benzene rings is 1. The van der Waals surface area contributed by atoms with Gasteiger partial charge >= 0.3 is 0 Å². The number of aromatic nitrogens is 2. The first kappa shape index (κ1) is 13.6. The lowest BCUT2D eigenvalue weighted by Crippen LogP contribution is -2.29. The van der Waals surface area contributed by atoms with Crippen molar-refractivity contribution in [3.63, 3.8) is 0 Å². The summed E-state index contributed by atoms with van der Waals surface area (Å²) in [6.45, 7) is 6.56. The molecular weight excluding hydrogens is 284 g/mol. The van der Waals surface area contributed by atoms with Crippen LogP contribution in [0.15, 0.2) is 36.7 Å². The lowest BCUT2D eigenvalue weighted by molar-refractivity contribution is 0.309.